The Morgan fingerprint density at radius 3 is 2.10 bits per heavy atom. The Hall–Kier alpha value is -2.72. The Kier molecular flexibility index (Phi) is 5.57. The van der Waals surface area contributed by atoms with E-state index in [0.29, 0.717) is 11.4 Å². The van der Waals surface area contributed by atoms with Crippen molar-refractivity contribution < 1.29 is 14.3 Å². The molecule has 21 heavy (non-hydrogen) atoms. The molecule has 0 aliphatic rings. The van der Waals surface area contributed by atoms with Gasteiger partial charge in [-0.1, -0.05) is 0 Å². The van der Waals surface area contributed by atoms with Crippen molar-refractivity contribution in [1.29, 1.82) is 0 Å². The van der Waals surface area contributed by atoms with Crippen LogP contribution in [0.4, 0.5) is 5.69 Å². The topological polar surface area (TPSA) is 55.4 Å². The fourth-order valence-electron chi connectivity index (χ4n) is 1.91. The molecular formula is C17H17NO3. The largest absolute Gasteiger partial charge is 0.497 e. The van der Waals surface area contributed by atoms with Gasteiger partial charge >= 0.3 is 0 Å². The first-order chi connectivity index (χ1) is 10.00. The summed E-state index contributed by atoms with van der Waals surface area (Å²) in [5.41, 5.74) is -0.843. The van der Waals surface area contributed by atoms with Crippen LogP contribution in [0.5, 0.6) is 5.75 Å². The van der Waals surface area contributed by atoms with Crippen LogP contribution in [-0.2, 0) is 9.59 Å². The molecule has 1 amide bonds. The number of terminal acetylenes is 2. The molecule has 4 nitrogen and oxygen atoms in total. The minimum absolute atomic E-state index is 0.0332. The third kappa shape index (κ3) is 3.64. The van der Waals surface area contributed by atoms with E-state index in [2.05, 4.69) is 17.2 Å². The zero-order valence-electron chi connectivity index (χ0n) is 12.1. The van der Waals surface area contributed by atoms with Crippen molar-refractivity contribution in [3.05, 3.63) is 24.3 Å². The third-order valence-electron chi connectivity index (χ3n) is 3.26. The van der Waals surface area contributed by atoms with Crippen molar-refractivity contribution in [3.63, 3.8) is 0 Å². The highest BCUT2D eigenvalue weighted by molar-refractivity contribution is 6.11. The van der Waals surface area contributed by atoms with E-state index in [9.17, 15) is 9.59 Å². The van der Waals surface area contributed by atoms with Crippen LogP contribution < -0.4 is 10.1 Å². The van der Waals surface area contributed by atoms with Gasteiger partial charge in [0.1, 0.15) is 16.9 Å². The van der Waals surface area contributed by atoms with Gasteiger partial charge in [0.25, 0.3) is 0 Å². The van der Waals surface area contributed by atoms with Gasteiger partial charge in [-0.15, -0.1) is 24.7 Å². The van der Waals surface area contributed by atoms with Gasteiger partial charge in [-0.25, -0.2) is 0 Å². The van der Waals surface area contributed by atoms with Crippen molar-refractivity contribution in [3.8, 4) is 30.4 Å². The molecule has 0 unspecified atom stereocenters. The number of nitrogens with one attached hydrogen (secondary N) is 1. The number of methoxy groups -OCH3 is 1. The summed E-state index contributed by atoms with van der Waals surface area (Å²) in [6, 6.07) is 6.75. The van der Waals surface area contributed by atoms with Crippen LogP contribution in [0.1, 0.15) is 19.8 Å². The molecule has 0 aliphatic heterocycles. The van der Waals surface area contributed by atoms with E-state index in [1.807, 2.05) is 0 Å². The number of amides is 1. The average Bonchev–Trinajstić information content (AvgIpc) is 2.47. The summed E-state index contributed by atoms with van der Waals surface area (Å²) in [6.45, 7) is 1.32. The number of rotatable bonds is 6. The first-order valence-corrected chi connectivity index (χ1v) is 6.33. The van der Waals surface area contributed by atoms with Gasteiger partial charge in [-0.05, 0) is 31.2 Å². The molecule has 1 aromatic carbocycles. The smallest absolute Gasteiger partial charge is 0.240 e. The number of Topliss-reactive ketones (excluding diaryl/α,β-unsaturated/α-hetero) is 1. The summed E-state index contributed by atoms with van der Waals surface area (Å²) in [7, 11) is 1.55. The van der Waals surface area contributed by atoms with Crippen molar-refractivity contribution >= 4 is 17.4 Å². The number of ketones is 1. The lowest BCUT2D eigenvalue weighted by Gasteiger charge is -2.26. The Morgan fingerprint density at radius 1 is 1.19 bits per heavy atom. The van der Waals surface area contributed by atoms with Crippen LogP contribution in [0.2, 0.25) is 0 Å². The van der Waals surface area contributed by atoms with Crippen LogP contribution in [0, 0.1) is 30.1 Å². The monoisotopic (exact) mass is 283 g/mol. The predicted octanol–water partition coefficient (Wildman–Crippen LogP) is 2.26. The molecule has 0 bridgehead atoms. The second kappa shape index (κ2) is 7.17. The maximum absolute atomic E-state index is 12.5. The van der Waals surface area contributed by atoms with Crippen molar-refractivity contribution in [1.82, 2.24) is 0 Å². The lowest BCUT2D eigenvalue weighted by Crippen LogP contribution is -2.41. The lowest BCUT2D eigenvalue weighted by molar-refractivity contribution is -0.137. The second-order valence-electron chi connectivity index (χ2n) is 4.58. The van der Waals surface area contributed by atoms with Crippen molar-refractivity contribution in [2.24, 2.45) is 5.41 Å². The number of benzene rings is 1. The zero-order valence-corrected chi connectivity index (χ0v) is 12.1. The highest BCUT2D eigenvalue weighted by Crippen LogP contribution is 2.29. The van der Waals surface area contributed by atoms with E-state index < -0.39 is 11.3 Å². The van der Waals surface area contributed by atoms with Gasteiger partial charge in [0.2, 0.25) is 5.91 Å². The first-order valence-electron chi connectivity index (χ1n) is 6.33. The normalized spacial score (nSPS) is 10.1. The first kappa shape index (κ1) is 16.3. The highest BCUT2D eigenvalue weighted by atomic mass is 16.5. The van der Waals surface area contributed by atoms with Gasteiger partial charge in [-0.3, -0.25) is 9.59 Å². The minimum Gasteiger partial charge on any atom is -0.497 e. The van der Waals surface area contributed by atoms with Crippen LogP contribution >= 0.6 is 0 Å². The average molecular weight is 283 g/mol. The fraction of sp³-hybridized carbons (Fsp3) is 0.294. The summed E-state index contributed by atoms with van der Waals surface area (Å²) < 4.78 is 5.04. The molecule has 0 radical (unpaired) electrons. The van der Waals surface area contributed by atoms with Gasteiger partial charge in [0.15, 0.2) is 0 Å². The minimum atomic E-state index is -1.39. The maximum Gasteiger partial charge on any atom is 0.240 e. The Morgan fingerprint density at radius 2 is 1.71 bits per heavy atom. The molecular weight excluding hydrogens is 266 g/mol. The molecule has 1 rings (SSSR count). The standard InChI is InChI=1S/C17H17NO3/c1-5-11-17(12-6-2,13(3)19)16(20)18-14-7-9-15(21-4)10-8-14/h1-2,7-10H,11-12H2,3-4H3,(H,18,20). The molecule has 1 aromatic rings. The highest BCUT2D eigenvalue weighted by Gasteiger charge is 2.42. The second-order valence-corrected chi connectivity index (χ2v) is 4.58. The molecule has 0 saturated heterocycles. The van der Waals surface area contributed by atoms with Crippen molar-refractivity contribution in [2.45, 2.75) is 19.8 Å². The Bertz CT molecular complexity index is 586. The molecule has 0 saturated carbocycles. The zero-order chi connectivity index (χ0) is 15.9. The van der Waals surface area contributed by atoms with Crippen LogP contribution in [0.25, 0.3) is 0 Å². The van der Waals surface area contributed by atoms with Gasteiger partial charge < -0.3 is 10.1 Å². The molecule has 0 spiro atoms. The van der Waals surface area contributed by atoms with E-state index in [4.69, 9.17) is 17.6 Å². The summed E-state index contributed by atoms with van der Waals surface area (Å²) in [4.78, 5) is 24.4. The predicted molar refractivity (Wildman–Crippen MR) is 81.6 cm³/mol. The summed E-state index contributed by atoms with van der Waals surface area (Å²) in [5.74, 6) is 4.56. The van der Waals surface area contributed by atoms with Crippen LogP contribution in [0.15, 0.2) is 24.3 Å². The molecule has 0 fully saturated rings. The van der Waals surface area contributed by atoms with Gasteiger partial charge in [-0.2, -0.15) is 0 Å². The molecule has 0 aliphatic carbocycles. The third-order valence-corrected chi connectivity index (χ3v) is 3.26. The number of ether oxygens (including phenoxy) is 1. The summed E-state index contributed by atoms with van der Waals surface area (Å²) in [6.07, 6.45) is 10.5. The fourth-order valence-corrected chi connectivity index (χ4v) is 1.91. The number of hydrogen-bond acceptors (Lipinski definition) is 3. The summed E-state index contributed by atoms with van der Waals surface area (Å²) in [5, 5.41) is 2.68. The Balaban J connectivity index is 3.03. The number of hydrogen-bond donors (Lipinski definition) is 1. The SMILES string of the molecule is C#CCC(CC#C)(C(C)=O)C(=O)Nc1ccc(OC)cc1. The quantitative estimate of drug-likeness (QED) is 0.643. The van der Waals surface area contributed by atoms with E-state index >= 15 is 0 Å². The Labute approximate surface area is 124 Å². The van der Waals surface area contributed by atoms with Crippen LogP contribution in [-0.4, -0.2) is 18.8 Å². The maximum atomic E-state index is 12.5. The number of carbonyl (C=O) groups is 2. The number of carbonyl (C=O) groups excluding carboxylic acids is 2. The molecule has 0 aromatic heterocycles. The molecule has 0 heterocycles. The molecule has 1 N–H and O–H groups in total. The lowest BCUT2D eigenvalue weighted by atomic mass is 9.77. The van der Waals surface area contributed by atoms with E-state index in [1.54, 1.807) is 31.4 Å². The van der Waals surface area contributed by atoms with E-state index in [1.165, 1.54) is 6.92 Å². The molecule has 4 heteroatoms. The molecule has 0 atom stereocenters. The summed E-state index contributed by atoms with van der Waals surface area (Å²) >= 11 is 0. The molecule has 108 valence electrons. The van der Waals surface area contributed by atoms with E-state index in [0.717, 1.165) is 0 Å². The van der Waals surface area contributed by atoms with Gasteiger partial charge in [0.05, 0.1) is 7.11 Å². The van der Waals surface area contributed by atoms with Crippen molar-refractivity contribution in [2.75, 3.05) is 12.4 Å². The van der Waals surface area contributed by atoms with Crippen LogP contribution in [0.3, 0.4) is 0 Å². The van der Waals surface area contributed by atoms with E-state index in [-0.39, 0.29) is 18.6 Å². The van der Waals surface area contributed by atoms with Gasteiger partial charge in [0, 0.05) is 18.5 Å². The number of anilines is 1.